The van der Waals surface area contributed by atoms with Crippen molar-refractivity contribution in [1.82, 2.24) is 0 Å². The number of carbonyl (C=O) groups excluding carboxylic acids is 2. The fourth-order valence-corrected chi connectivity index (χ4v) is 2.77. The average molecular weight is 366 g/mol. The van der Waals surface area contributed by atoms with Crippen LogP contribution in [0.3, 0.4) is 0 Å². The van der Waals surface area contributed by atoms with Crippen molar-refractivity contribution in [2.45, 2.75) is 12.6 Å². The summed E-state index contributed by atoms with van der Waals surface area (Å²) in [6.07, 6.45) is -4.19. The third kappa shape index (κ3) is 3.68. The molecule has 2 aromatic rings. The van der Waals surface area contributed by atoms with Crippen LogP contribution in [0.4, 0.5) is 28.9 Å². The lowest BCUT2D eigenvalue weighted by atomic mass is 10.1. The molecule has 136 valence electrons. The second-order valence-corrected chi connectivity index (χ2v) is 5.87. The predicted octanol–water partition coefficient (Wildman–Crippen LogP) is 3.84. The van der Waals surface area contributed by atoms with Gasteiger partial charge in [0.25, 0.3) is 0 Å². The molecule has 0 aliphatic carbocycles. The summed E-state index contributed by atoms with van der Waals surface area (Å²) in [5.74, 6) is -2.39. The third-order valence-electron chi connectivity index (χ3n) is 4.14. The first-order valence-electron chi connectivity index (χ1n) is 7.81. The third-order valence-corrected chi connectivity index (χ3v) is 4.14. The minimum atomic E-state index is -4.46. The topological polar surface area (TPSA) is 49.4 Å². The minimum absolute atomic E-state index is 0.177. The van der Waals surface area contributed by atoms with E-state index in [1.165, 1.54) is 29.2 Å². The van der Waals surface area contributed by atoms with Crippen molar-refractivity contribution < 1.29 is 27.2 Å². The van der Waals surface area contributed by atoms with Crippen LogP contribution < -0.4 is 10.2 Å². The maximum absolute atomic E-state index is 13.0. The van der Waals surface area contributed by atoms with E-state index in [2.05, 4.69) is 5.32 Å². The molecule has 2 amide bonds. The van der Waals surface area contributed by atoms with Crippen molar-refractivity contribution in [3.8, 4) is 0 Å². The number of hydrogen-bond donors (Lipinski definition) is 1. The standard InChI is InChI=1S/C18H14F4N2O2/c19-12-3-7-14(8-4-12)24-10-9-15(17(24)26)16(25)23-13-5-1-11(2-6-13)18(20,21)22/h1-8,15H,9-10H2,(H,23,25). The normalized spacial score (nSPS) is 17.5. The van der Waals surface area contributed by atoms with Crippen molar-refractivity contribution in [3.63, 3.8) is 0 Å². The molecule has 1 heterocycles. The van der Waals surface area contributed by atoms with E-state index in [-0.39, 0.29) is 12.1 Å². The minimum Gasteiger partial charge on any atom is -0.325 e. The molecule has 0 saturated carbocycles. The molecule has 0 bridgehead atoms. The van der Waals surface area contributed by atoms with Crippen LogP contribution in [0.5, 0.6) is 0 Å². The Morgan fingerprint density at radius 3 is 2.23 bits per heavy atom. The summed E-state index contributed by atoms with van der Waals surface area (Å²) in [6.45, 7) is 0.301. The second-order valence-electron chi connectivity index (χ2n) is 5.87. The van der Waals surface area contributed by atoms with E-state index in [1.54, 1.807) is 0 Å². The van der Waals surface area contributed by atoms with Crippen molar-refractivity contribution in [1.29, 1.82) is 0 Å². The van der Waals surface area contributed by atoms with Gasteiger partial charge in [-0.25, -0.2) is 4.39 Å². The van der Waals surface area contributed by atoms with Gasteiger partial charge in [0.05, 0.1) is 5.56 Å². The molecular formula is C18H14F4N2O2. The molecule has 1 aliphatic heterocycles. The van der Waals surface area contributed by atoms with Crippen molar-refractivity contribution >= 4 is 23.2 Å². The fraction of sp³-hybridized carbons (Fsp3) is 0.222. The number of nitrogens with zero attached hydrogens (tertiary/aromatic N) is 1. The van der Waals surface area contributed by atoms with Gasteiger partial charge in [-0.15, -0.1) is 0 Å². The first-order valence-corrected chi connectivity index (χ1v) is 7.81. The number of halogens is 4. The fourth-order valence-electron chi connectivity index (χ4n) is 2.77. The second kappa shape index (κ2) is 6.78. The summed E-state index contributed by atoms with van der Waals surface area (Å²) in [5, 5.41) is 2.46. The smallest absolute Gasteiger partial charge is 0.325 e. The summed E-state index contributed by atoms with van der Waals surface area (Å²) in [4.78, 5) is 26.1. The Hall–Kier alpha value is -2.90. The molecule has 3 rings (SSSR count). The molecule has 1 saturated heterocycles. The van der Waals surface area contributed by atoms with Crippen molar-refractivity contribution in [2.24, 2.45) is 5.92 Å². The lowest BCUT2D eigenvalue weighted by Gasteiger charge is -2.16. The first-order chi connectivity index (χ1) is 12.3. The van der Waals surface area contributed by atoms with E-state index in [0.717, 1.165) is 24.3 Å². The molecule has 1 unspecified atom stereocenters. The molecule has 0 radical (unpaired) electrons. The van der Waals surface area contributed by atoms with Gasteiger partial charge in [-0.1, -0.05) is 0 Å². The number of alkyl halides is 3. The molecule has 8 heteroatoms. The maximum Gasteiger partial charge on any atom is 0.416 e. The van der Waals surface area contributed by atoms with E-state index < -0.39 is 35.3 Å². The Balaban J connectivity index is 1.67. The van der Waals surface area contributed by atoms with Gasteiger partial charge in [0.2, 0.25) is 11.8 Å². The van der Waals surface area contributed by atoms with Crippen molar-refractivity contribution in [3.05, 3.63) is 59.9 Å². The Morgan fingerprint density at radius 1 is 1.04 bits per heavy atom. The van der Waals surface area contributed by atoms with Gasteiger partial charge >= 0.3 is 6.18 Å². The van der Waals surface area contributed by atoms with Gasteiger partial charge in [-0.05, 0) is 55.0 Å². The number of anilines is 2. The Labute approximate surface area is 146 Å². The van der Waals surface area contributed by atoms with Crippen molar-refractivity contribution in [2.75, 3.05) is 16.8 Å². The van der Waals surface area contributed by atoms with Gasteiger partial charge in [0.1, 0.15) is 11.7 Å². The number of rotatable bonds is 3. The highest BCUT2D eigenvalue weighted by Gasteiger charge is 2.37. The molecule has 1 fully saturated rings. The van der Waals surface area contributed by atoms with Crippen LogP contribution in [0.25, 0.3) is 0 Å². The highest BCUT2D eigenvalue weighted by Crippen LogP contribution is 2.30. The molecule has 2 aromatic carbocycles. The van der Waals surface area contributed by atoms with E-state index >= 15 is 0 Å². The zero-order valence-corrected chi connectivity index (χ0v) is 13.4. The lowest BCUT2D eigenvalue weighted by Crippen LogP contribution is -2.33. The summed E-state index contributed by atoms with van der Waals surface area (Å²) in [6, 6.07) is 9.33. The monoisotopic (exact) mass is 366 g/mol. The van der Waals surface area contributed by atoms with E-state index in [4.69, 9.17) is 0 Å². The number of carbonyl (C=O) groups is 2. The van der Waals surface area contributed by atoms with Crippen LogP contribution in [0.15, 0.2) is 48.5 Å². The van der Waals surface area contributed by atoms with Crippen LogP contribution in [-0.2, 0) is 15.8 Å². The van der Waals surface area contributed by atoms with Gasteiger partial charge in [0.15, 0.2) is 0 Å². The zero-order valence-electron chi connectivity index (χ0n) is 13.4. The number of hydrogen-bond acceptors (Lipinski definition) is 2. The van der Waals surface area contributed by atoms with Gasteiger partial charge < -0.3 is 10.2 Å². The zero-order chi connectivity index (χ0) is 18.9. The quantitative estimate of drug-likeness (QED) is 0.663. The Kier molecular flexibility index (Phi) is 4.67. The summed E-state index contributed by atoms with van der Waals surface area (Å²) in [5.41, 5.74) is -0.160. The maximum atomic E-state index is 13.0. The lowest BCUT2D eigenvalue weighted by molar-refractivity contribution is -0.137. The summed E-state index contributed by atoms with van der Waals surface area (Å²) in [7, 11) is 0. The number of amides is 2. The Bertz CT molecular complexity index is 817. The highest BCUT2D eigenvalue weighted by atomic mass is 19.4. The van der Waals surface area contributed by atoms with Gasteiger partial charge in [-0.2, -0.15) is 13.2 Å². The molecule has 4 nitrogen and oxygen atoms in total. The van der Waals surface area contributed by atoms with Crippen LogP contribution in [0.2, 0.25) is 0 Å². The SMILES string of the molecule is O=C(Nc1ccc(C(F)(F)F)cc1)C1CCN(c2ccc(F)cc2)C1=O. The molecule has 1 atom stereocenters. The molecule has 1 aliphatic rings. The predicted molar refractivity (Wildman–Crippen MR) is 86.9 cm³/mol. The number of nitrogens with one attached hydrogen (secondary N) is 1. The van der Waals surface area contributed by atoms with Gasteiger partial charge in [0, 0.05) is 17.9 Å². The summed E-state index contributed by atoms with van der Waals surface area (Å²) >= 11 is 0. The first kappa shape index (κ1) is 17.9. The van der Waals surface area contributed by atoms with E-state index in [0.29, 0.717) is 12.2 Å². The number of benzene rings is 2. The van der Waals surface area contributed by atoms with Crippen LogP contribution >= 0.6 is 0 Å². The van der Waals surface area contributed by atoms with E-state index in [9.17, 15) is 27.2 Å². The van der Waals surface area contributed by atoms with Crippen LogP contribution in [-0.4, -0.2) is 18.4 Å². The molecule has 0 aromatic heterocycles. The largest absolute Gasteiger partial charge is 0.416 e. The molecular weight excluding hydrogens is 352 g/mol. The van der Waals surface area contributed by atoms with E-state index in [1.807, 2.05) is 0 Å². The highest BCUT2D eigenvalue weighted by molar-refractivity contribution is 6.13. The molecule has 0 spiro atoms. The average Bonchev–Trinajstić information content (AvgIpc) is 2.97. The van der Waals surface area contributed by atoms with Crippen LogP contribution in [0.1, 0.15) is 12.0 Å². The summed E-state index contributed by atoms with van der Waals surface area (Å²) < 4.78 is 50.6. The molecule has 26 heavy (non-hydrogen) atoms. The molecule has 1 N–H and O–H groups in total. The van der Waals surface area contributed by atoms with Crippen LogP contribution in [0, 0.1) is 11.7 Å². The Morgan fingerprint density at radius 2 is 1.65 bits per heavy atom. The van der Waals surface area contributed by atoms with Gasteiger partial charge in [-0.3, -0.25) is 9.59 Å².